The molecule has 25 heavy (non-hydrogen) atoms. The Labute approximate surface area is 151 Å². The summed E-state index contributed by atoms with van der Waals surface area (Å²) < 4.78 is 6.17. The molecule has 1 atom stereocenters. The Balaban J connectivity index is 1.93. The van der Waals surface area contributed by atoms with E-state index in [-0.39, 0.29) is 17.5 Å². The Kier molecular flexibility index (Phi) is 4.95. The molecule has 0 bridgehead atoms. The minimum Gasteiger partial charge on any atom is -0.464 e. The summed E-state index contributed by atoms with van der Waals surface area (Å²) >= 11 is 1.57. The molecule has 7 heteroatoms. The molecule has 2 heterocycles. The first-order valence-electron chi connectivity index (χ1n) is 8.85. The number of nitrogens with zero attached hydrogens (tertiary/aromatic N) is 3. The van der Waals surface area contributed by atoms with Crippen molar-refractivity contribution in [1.82, 2.24) is 15.0 Å². The molecule has 0 amide bonds. The van der Waals surface area contributed by atoms with E-state index >= 15 is 0 Å². The topological polar surface area (TPSA) is 74.1 Å². The van der Waals surface area contributed by atoms with Crippen LogP contribution in [0, 0.1) is 11.3 Å². The minimum atomic E-state index is -0.450. The van der Waals surface area contributed by atoms with E-state index in [1.165, 1.54) is 4.88 Å². The van der Waals surface area contributed by atoms with Gasteiger partial charge >= 0.3 is 5.97 Å². The lowest BCUT2D eigenvalue weighted by Crippen LogP contribution is -2.30. The number of fused-ring (bicyclic) bond motifs is 3. The lowest BCUT2D eigenvalue weighted by atomic mass is 9.72. The van der Waals surface area contributed by atoms with Gasteiger partial charge in [0, 0.05) is 4.88 Å². The van der Waals surface area contributed by atoms with Crippen LogP contribution in [0.1, 0.15) is 51.0 Å². The van der Waals surface area contributed by atoms with Crippen molar-refractivity contribution >= 4 is 27.5 Å². The van der Waals surface area contributed by atoms with Crippen molar-refractivity contribution in [2.24, 2.45) is 11.3 Å². The zero-order valence-corrected chi connectivity index (χ0v) is 16.1. The third kappa shape index (κ3) is 3.61. The highest BCUT2D eigenvalue weighted by Crippen LogP contribution is 2.41. The standard InChI is InChI=1S/C18H25N3O3S/c1-5-8-24-14(22)10-21-17(23)15-12-7-6-11(18(2,3)4)9-13(12)25-16(15)19-20-21/h11H,5-10H2,1-4H3. The molecule has 1 aliphatic carbocycles. The van der Waals surface area contributed by atoms with Crippen LogP contribution >= 0.6 is 11.3 Å². The molecule has 0 aromatic carbocycles. The quantitative estimate of drug-likeness (QED) is 0.781. The van der Waals surface area contributed by atoms with Crippen molar-refractivity contribution in [1.29, 1.82) is 0 Å². The predicted octanol–water partition coefficient (Wildman–Crippen LogP) is 2.96. The number of aryl methyl sites for hydroxylation is 1. The van der Waals surface area contributed by atoms with Crippen molar-refractivity contribution in [2.75, 3.05) is 6.61 Å². The normalized spacial score (nSPS) is 17.5. The van der Waals surface area contributed by atoms with Gasteiger partial charge in [-0.25, -0.2) is 0 Å². The van der Waals surface area contributed by atoms with Crippen LogP contribution in [0.25, 0.3) is 10.2 Å². The van der Waals surface area contributed by atoms with Gasteiger partial charge in [0.2, 0.25) is 0 Å². The highest BCUT2D eigenvalue weighted by atomic mass is 32.1. The predicted molar refractivity (Wildman–Crippen MR) is 97.9 cm³/mol. The van der Waals surface area contributed by atoms with Gasteiger partial charge in [-0.05, 0) is 42.6 Å². The second-order valence-corrected chi connectivity index (χ2v) is 8.85. The fraction of sp³-hybridized carbons (Fsp3) is 0.667. The molecule has 0 radical (unpaired) electrons. The van der Waals surface area contributed by atoms with Crippen molar-refractivity contribution in [2.45, 2.75) is 59.9 Å². The van der Waals surface area contributed by atoms with Crippen LogP contribution in [0.3, 0.4) is 0 Å². The Hall–Kier alpha value is -1.76. The van der Waals surface area contributed by atoms with Gasteiger partial charge in [-0.15, -0.1) is 16.4 Å². The fourth-order valence-corrected chi connectivity index (χ4v) is 4.59. The summed E-state index contributed by atoms with van der Waals surface area (Å²) in [6.07, 6.45) is 3.69. The summed E-state index contributed by atoms with van der Waals surface area (Å²) in [7, 11) is 0. The molecule has 1 aliphatic rings. The van der Waals surface area contributed by atoms with Gasteiger partial charge in [0.25, 0.3) is 5.56 Å². The van der Waals surface area contributed by atoms with E-state index in [1.807, 2.05) is 6.92 Å². The first-order chi connectivity index (χ1) is 11.8. The van der Waals surface area contributed by atoms with Gasteiger partial charge in [0.05, 0.1) is 12.0 Å². The minimum absolute atomic E-state index is 0.184. The second kappa shape index (κ2) is 6.86. The largest absolute Gasteiger partial charge is 0.464 e. The maximum Gasteiger partial charge on any atom is 0.327 e. The van der Waals surface area contributed by atoms with Gasteiger partial charge in [-0.3, -0.25) is 9.59 Å². The Bertz CT molecular complexity index is 848. The van der Waals surface area contributed by atoms with E-state index in [0.717, 1.165) is 35.9 Å². The number of ether oxygens (including phenoxy) is 1. The average molecular weight is 363 g/mol. The van der Waals surface area contributed by atoms with Crippen LogP contribution in [0.15, 0.2) is 4.79 Å². The van der Waals surface area contributed by atoms with Crippen molar-refractivity contribution in [3.05, 3.63) is 20.8 Å². The molecule has 136 valence electrons. The Morgan fingerprint density at radius 3 is 2.84 bits per heavy atom. The average Bonchev–Trinajstić information content (AvgIpc) is 2.93. The van der Waals surface area contributed by atoms with Crippen LogP contribution in [0.2, 0.25) is 0 Å². The third-order valence-corrected chi connectivity index (χ3v) is 6.05. The van der Waals surface area contributed by atoms with Crippen molar-refractivity contribution in [3.63, 3.8) is 0 Å². The highest BCUT2D eigenvalue weighted by molar-refractivity contribution is 7.18. The molecule has 2 aromatic rings. The van der Waals surface area contributed by atoms with E-state index in [9.17, 15) is 9.59 Å². The van der Waals surface area contributed by atoms with E-state index in [4.69, 9.17) is 4.74 Å². The Morgan fingerprint density at radius 2 is 2.16 bits per heavy atom. The van der Waals surface area contributed by atoms with Crippen LogP contribution in [0.4, 0.5) is 0 Å². The number of esters is 1. The van der Waals surface area contributed by atoms with Gasteiger partial charge in [0.15, 0.2) is 4.83 Å². The first kappa shape index (κ1) is 18.0. The maximum atomic E-state index is 12.8. The highest BCUT2D eigenvalue weighted by Gasteiger charge is 2.32. The van der Waals surface area contributed by atoms with E-state index in [2.05, 4.69) is 31.1 Å². The number of hydrogen-bond donors (Lipinski definition) is 0. The summed E-state index contributed by atoms with van der Waals surface area (Å²) in [6, 6.07) is 0. The smallest absolute Gasteiger partial charge is 0.327 e. The summed E-state index contributed by atoms with van der Waals surface area (Å²) in [4.78, 5) is 26.5. The second-order valence-electron chi connectivity index (χ2n) is 7.76. The molecular formula is C18H25N3O3S. The van der Waals surface area contributed by atoms with Gasteiger partial charge < -0.3 is 4.74 Å². The number of carbonyl (C=O) groups is 1. The van der Waals surface area contributed by atoms with Crippen LogP contribution in [-0.4, -0.2) is 27.6 Å². The summed E-state index contributed by atoms with van der Waals surface area (Å²) in [5.74, 6) is 0.154. The van der Waals surface area contributed by atoms with E-state index in [0.29, 0.717) is 22.7 Å². The monoisotopic (exact) mass is 363 g/mol. The first-order valence-corrected chi connectivity index (χ1v) is 9.66. The number of aromatic nitrogens is 3. The molecule has 0 aliphatic heterocycles. The number of rotatable bonds is 4. The molecule has 3 rings (SSSR count). The molecule has 0 spiro atoms. The van der Waals surface area contributed by atoms with Crippen LogP contribution in [0.5, 0.6) is 0 Å². The van der Waals surface area contributed by atoms with Crippen molar-refractivity contribution < 1.29 is 9.53 Å². The van der Waals surface area contributed by atoms with Gasteiger partial charge in [-0.2, -0.15) is 4.68 Å². The van der Waals surface area contributed by atoms with E-state index in [1.54, 1.807) is 11.3 Å². The van der Waals surface area contributed by atoms with Crippen molar-refractivity contribution in [3.8, 4) is 0 Å². The maximum absolute atomic E-state index is 12.8. The number of carbonyl (C=O) groups excluding carboxylic acids is 1. The summed E-state index contributed by atoms with van der Waals surface area (Å²) in [6.45, 7) is 8.90. The summed E-state index contributed by atoms with van der Waals surface area (Å²) in [5.41, 5.74) is 1.13. The molecule has 0 saturated heterocycles. The summed E-state index contributed by atoms with van der Waals surface area (Å²) in [5, 5.41) is 8.76. The molecule has 0 N–H and O–H groups in total. The molecule has 6 nitrogen and oxygen atoms in total. The molecule has 0 saturated carbocycles. The molecular weight excluding hydrogens is 338 g/mol. The fourth-order valence-electron chi connectivity index (χ4n) is 3.35. The zero-order chi connectivity index (χ0) is 18.2. The number of hydrogen-bond acceptors (Lipinski definition) is 6. The lowest BCUT2D eigenvalue weighted by Gasteiger charge is -2.33. The van der Waals surface area contributed by atoms with E-state index < -0.39 is 5.97 Å². The lowest BCUT2D eigenvalue weighted by molar-refractivity contribution is -0.144. The van der Waals surface area contributed by atoms with Gasteiger partial charge in [-0.1, -0.05) is 32.9 Å². The SMILES string of the molecule is CCCOC(=O)Cn1nnc2sc3c(c2c1=O)CCC(C(C)(C)C)C3. The molecule has 0 fully saturated rings. The Morgan fingerprint density at radius 1 is 1.40 bits per heavy atom. The zero-order valence-electron chi connectivity index (χ0n) is 15.3. The molecule has 1 unspecified atom stereocenters. The van der Waals surface area contributed by atoms with Crippen LogP contribution in [-0.2, 0) is 28.9 Å². The third-order valence-electron chi connectivity index (χ3n) is 4.91. The molecule has 2 aromatic heterocycles. The number of thiophene rings is 1. The van der Waals surface area contributed by atoms with Gasteiger partial charge in [0.1, 0.15) is 6.54 Å². The van der Waals surface area contributed by atoms with Crippen LogP contribution < -0.4 is 5.56 Å².